The summed E-state index contributed by atoms with van der Waals surface area (Å²) in [6.07, 6.45) is 0.463. The number of urea groups is 2. The molecule has 4 N–H and O–H groups in total. The van der Waals surface area contributed by atoms with Gasteiger partial charge in [0.2, 0.25) is 0 Å². The smallest absolute Gasteiger partial charge is 0.319 e. The molecule has 1 aliphatic rings. The summed E-state index contributed by atoms with van der Waals surface area (Å²) in [5, 5.41) is 16.4. The first-order chi connectivity index (χ1) is 11.4. The Morgan fingerprint density at radius 2 is 1.96 bits per heavy atom. The minimum absolute atomic E-state index is 0.0633. The van der Waals surface area contributed by atoms with Gasteiger partial charge in [-0.3, -0.25) is 4.79 Å². The third-order valence-electron chi connectivity index (χ3n) is 3.53. The van der Waals surface area contributed by atoms with E-state index < -0.39 is 12.0 Å². The Hall–Kier alpha value is -2.84. The van der Waals surface area contributed by atoms with E-state index in [0.717, 1.165) is 0 Å². The van der Waals surface area contributed by atoms with Gasteiger partial charge in [-0.15, -0.1) is 0 Å². The van der Waals surface area contributed by atoms with Crippen LogP contribution in [0.1, 0.15) is 12.8 Å². The summed E-state index contributed by atoms with van der Waals surface area (Å²) in [5.41, 5.74) is 0.468. The third-order valence-corrected chi connectivity index (χ3v) is 3.53. The van der Waals surface area contributed by atoms with E-state index in [-0.39, 0.29) is 30.9 Å². The Morgan fingerprint density at radius 3 is 2.62 bits per heavy atom. The first-order valence-corrected chi connectivity index (χ1v) is 7.51. The van der Waals surface area contributed by atoms with Crippen molar-refractivity contribution in [2.45, 2.75) is 18.9 Å². The molecule has 1 fully saturated rings. The maximum Gasteiger partial charge on any atom is 0.319 e. The molecule has 9 heteroatoms. The topological polar surface area (TPSA) is 111 Å². The second-order valence-corrected chi connectivity index (χ2v) is 5.41. The predicted molar refractivity (Wildman–Crippen MR) is 84.2 cm³/mol. The number of carboxylic acid groups (broad SMARTS) is 1. The highest BCUT2D eigenvalue weighted by Crippen LogP contribution is 2.11. The number of anilines is 1. The zero-order chi connectivity index (χ0) is 17.5. The monoisotopic (exact) mass is 338 g/mol. The minimum Gasteiger partial charge on any atom is -0.481 e. The second-order valence-electron chi connectivity index (χ2n) is 5.41. The molecule has 4 amide bonds. The molecule has 24 heavy (non-hydrogen) atoms. The lowest BCUT2D eigenvalue weighted by molar-refractivity contribution is -0.136. The normalized spacial score (nSPS) is 16.5. The fourth-order valence-electron chi connectivity index (χ4n) is 2.34. The van der Waals surface area contributed by atoms with E-state index in [2.05, 4.69) is 16.0 Å². The van der Waals surface area contributed by atoms with Gasteiger partial charge in [0.15, 0.2) is 0 Å². The molecule has 0 spiro atoms. The van der Waals surface area contributed by atoms with Crippen LogP contribution in [-0.4, -0.2) is 53.7 Å². The van der Waals surface area contributed by atoms with Crippen LogP contribution in [0.2, 0.25) is 0 Å². The van der Waals surface area contributed by atoms with Crippen LogP contribution in [0.4, 0.5) is 19.7 Å². The number of rotatable bonds is 5. The SMILES string of the molecule is O=C(O)CCNC(=O)N1CCC(NC(=O)Nc2ccc(F)cc2)C1. The Morgan fingerprint density at radius 1 is 1.25 bits per heavy atom. The van der Waals surface area contributed by atoms with Crippen LogP contribution in [0.25, 0.3) is 0 Å². The molecule has 0 saturated carbocycles. The number of aliphatic carboxylic acids is 1. The van der Waals surface area contributed by atoms with Crippen LogP contribution in [0.3, 0.4) is 0 Å². The van der Waals surface area contributed by atoms with Gasteiger partial charge < -0.3 is 26.0 Å². The quantitative estimate of drug-likeness (QED) is 0.646. The molecule has 0 aliphatic carbocycles. The summed E-state index contributed by atoms with van der Waals surface area (Å²) in [5.74, 6) is -1.37. The molecule has 2 rings (SSSR count). The van der Waals surface area contributed by atoms with Crippen LogP contribution < -0.4 is 16.0 Å². The van der Waals surface area contributed by atoms with Crippen molar-refractivity contribution in [3.63, 3.8) is 0 Å². The molecule has 1 unspecified atom stereocenters. The van der Waals surface area contributed by atoms with E-state index in [0.29, 0.717) is 25.2 Å². The molecular weight excluding hydrogens is 319 g/mol. The van der Waals surface area contributed by atoms with Gasteiger partial charge in [0, 0.05) is 31.4 Å². The van der Waals surface area contributed by atoms with Crippen LogP contribution in [0.15, 0.2) is 24.3 Å². The molecule has 0 aromatic heterocycles. The van der Waals surface area contributed by atoms with Crippen LogP contribution in [0.5, 0.6) is 0 Å². The number of hydrogen-bond donors (Lipinski definition) is 4. The van der Waals surface area contributed by atoms with Gasteiger partial charge >= 0.3 is 18.0 Å². The highest BCUT2D eigenvalue weighted by atomic mass is 19.1. The average Bonchev–Trinajstić information content (AvgIpc) is 2.97. The Balaban J connectivity index is 1.72. The van der Waals surface area contributed by atoms with E-state index in [4.69, 9.17) is 5.11 Å². The summed E-state index contributed by atoms with van der Waals surface area (Å²) in [4.78, 5) is 35.6. The van der Waals surface area contributed by atoms with Crippen molar-refractivity contribution in [3.8, 4) is 0 Å². The summed E-state index contributed by atoms with van der Waals surface area (Å²) in [7, 11) is 0. The van der Waals surface area contributed by atoms with Gasteiger partial charge in [0.25, 0.3) is 0 Å². The summed E-state index contributed by atoms with van der Waals surface area (Å²) in [6.45, 7) is 0.879. The summed E-state index contributed by atoms with van der Waals surface area (Å²) >= 11 is 0. The van der Waals surface area contributed by atoms with Crippen molar-refractivity contribution in [2.75, 3.05) is 25.0 Å². The standard InChI is InChI=1S/C15H19FN4O4/c16-10-1-3-11(4-2-10)18-14(23)19-12-6-8-20(9-12)15(24)17-7-5-13(21)22/h1-4,12H,5-9H2,(H,17,24)(H,21,22)(H2,18,19,23). The van der Waals surface area contributed by atoms with Gasteiger partial charge in [0.1, 0.15) is 5.82 Å². The number of benzene rings is 1. The molecule has 1 saturated heterocycles. The fraction of sp³-hybridized carbons (Fsp3) is 0.400. The van der Waals surface area contributed by atoms with Crippen LogP contribution >= 0.6 is 0 Å². The van der Waals surface area contributed by atoms with Crippen molar-refractivity contribution >= 4 is 23.7 Å². The molecular formula is C15H19FN4O4. The van der Waals surface area contributed by atoms with Crippen molar-refractivity contribution < 1.29 is 23.9 Å². The molecule has 8 nitrogen and oxygen atoms in total. The number of nitrogens with zero attached hydrogens (tertiary/aromatic N) is 1. The lowest BCUT2D eigenvalue weighted by Crippen LogP contribution is -2.43. The molecule has 0 radical (unpaired) electrons. The van der Waals surface area contributed by atoms with E-state index in [1.54, 1.807) is 0 Å². The van der Waals surface area contributed by atoms with Crippen molar-refractivity contribution in [3.05, 3.63) is 30.1 Å². The van der Waals surface area contributed by atoms with Gasteiger partial charge in [0.05, 0.1) is 6.42 Å². The van der Waals surface area contributed by atoms with Gasteiger partial charge in [-0.2, -0.15) is 0 Å². The number of hydrogen-bond acceptors (Lipinski definition) is 3. The first kappa shape index (κ1) is 17.5. The Bertz CT molecular complexity index is 608. The molecule has 1 aromatic carbocycles. The third kappa shape index (κ3) is 5.41. The van der Waals surface area contributed by atoms with E-state index in [1.165, 1.54) is 29.2 Å². The number of likely N-dealkylation sites (tertiary alicyclic amines) is 1. The molecule has 1 heterocycles. The van der Waals surface area contributed by atoms with E-state index >= 15 is 0 Å². The molecule has 1 aliphatic heterocycles. The predicted octanol–water partition coefficient (Wildman–Crippen LogP) is 1.21. The maximum atomic E-state index is 12.8. The lowest BCUT2D eigenvalue weighted by atomic mass is 10.3. The number of amides is 4. The highest BCUT2D eigenvalue weighted by Gasteiger charge is 2.27. The highest BCUT2D eigenvalue weighted by molar-refractivity contribution is 5.89. The van der Waals surface area contributed by atoms with Gasteiger partial charge in [-0.05, 0) is 30.7 Å². The number of carbonyl (C=O) groups is 3. The van der Waals surface area contributed by atoms with Crippen molar-refractivity contribution in [1.29, 1.82) is 0 Å². The van der Waals surface area contributed by atoms with Crippen molar-refractivity contribution in [1.82, 2.24) is 15.5 Å². The molecule has 1 aromatic rings. The van der Waals surface area contributed by atoms with Crippen molar-refractivity contribution in [2.24, 2.45) is 0 Å². The van der Waals surface area contributed by atoms with Gasteiger partial charge in [-0.25, -0.2) is 14.0 Å². The van der Waals surface area contributed by atoms with Gasteiger partial charge in [-0.1, -0.05) is 0 Å². The average molecular weight is 338 g/mol. The van der Waals surface area contributed by atoms with E-state index in [9.17, 15) is 18.8 Å². The Labute approximate surface area is 138 Å². The zero-order valence-corrected chi connectivity index (χ0v) is 12.9. The Kier molecular flexibility index (Phi) is 5.94. The fourth-order valence-corrected chi connectivity index (χ4v) is 2.34. The molecule has 1 atom stereocenters. The maximum absolute atomic E-state index is 12.8. The summed E-state index contributed by atoms with van der Waals surface area (Å²) < 4.78 is 12.8. The molecule has 130 valence electrons. The zero-order valence-electron chi connectivity index (χ0n) is 12.9. The van der Waals surface area contributed by atoms with Crippen LogP contribution in [0, 0.1) is 5.82 Å². The minimum atomic E-state index is -0.978. The number of carboxylic acids is 1. The summed E-state index contributed by atoms with van der Waals surface area (Å²) in [6, 6.07) is 4.41. The van der Waals surface area contributed by atoms with E-state index in [1.807, 2.05) is 0 Å². The largest absolute Gasteiger partial charge is 0.481 e. The number of carbonyl (C=O) groups excluding carboxylic acids is 2. The number of halogens is 1. The molecule has 0 bridgehead atoms. The second kappa shape index (κ2) is 8.14. The lowest BCUT2D eigenvalue weighted by Gasteiger charge is -2.17. The first-order valence-electron chi connectivity index (χ1n) is 7.51. The van der Waals surface area contributed by atoms with Crippen LogP contribution in [-0.2, 0) is 4.79 Å². The number of nitrogens with one attached hydrogen (secondary N) is 3.